The summed E-state index contributed by atoms with van der Waals surface area (Å²) in [6.07, 6.45) is 0. The van der Waals surface area contributed by atoms with Gasteiger partial charge in [-0.05, 0) is 40.8 Å². The van der Waals surface area contributed by atoms with Crippen molar-refractivity contribution in [3.05, 3.63) is 100 Å². The highest BCUT2D eigenvalue weighted by molar-refractivity contribution is 7.17. The van der Waals surface area contributed by atoms with Crippen LogP contribution in [0.4, 0.5) is 0 Å². The van der Waals surface area contributed by atoms with Gasteiger partial charge in [-0.2, -0.15) is 0 Å². The molecule has 0 N–H and O–H groups in total. The van der Waals surface area contributed by atoms with E-state index in [0.29, 0.717) is 12.2 Å². The molecule has 2 heterocycles. The summed E-state index contributed by atoms with van der Waals surface area (Å²) in [5, 5.41) is 3.24. The van der Waals surface area contributed by atoms with Crippen molar-refractivity contribution < 1.29 is 14.3 Å². The number of allylic oxidation sites excluding steroid dienone is 1. The summed E-state index contributed by atoms with van der Waals surface area (Å²) in [6, 6.07) is 24.5. The number of thiophene rings is 1. The van der Waals surface area contributed by atoms with Crippen LogP contribution in [0.25, 0.3) is 21.2 Å². The van der Waals surface area contributed by atoms with Gasteiger partial charge in [0, 0.05) is 52.0 Å². The Hall–Kier alpha value is -3.25. The van der Waals surface area contributed by atoms with Crippen molar-refractivity contribution in [2.75, 3.05) is 39.5 Å². The molecular weight excluding hydrogens is 442 g/mol. The fraction of sp³-hybridized carbons (Fsp3) is 0.207. The van der Waals surface area contributed by atoms with Crippen molar-refractivity contribution in [3.8, 4) is 5.75 Å². The number of ketones is 1. The predicted octanol–water partition coefficient (Wildman–Crippen LogP) is 5.77. The Balaban J connectivity index is 1.36. The molecule has 5 heteroatoms. The topological polar surface area (TPSA) is 38.8 Å². The van der Waals surface area contributed by atoms with Crippen LogP contribution in [0.5, 0.6) is 5.75 Å². The van der Waals surface area contributed by atoms with E-state index in [1.165, 1.54) is 4.70 Å². The summed E-state index contributed by atoms with van der Waals surface area (Å²) >= 11 is 1.68. The van der Waals surface area contributed by atoms with Crippen molar-refractivity contribution >= 4 is 38.4 Å². The lowest BCUT2D eigenvalue weighted by atomic mass is 9.94. The molecule has 0 atom stereocenters. The highest BCUT2D eigenvalue weighted by Gasteiger charge is 2.33. The van der Waals surface area contributed by atoms with Crippen LogP contribution in [0, 0.1) is 0 Å². The average Bonchev–Trinajstić information content (AvgIpc) is 3.44. The Morgan fingerprint density at radius 1 is 0.853 bits per heavy atom. The Kier molecular flexibility index (Phi) is 5.75. The molecule has 1 saturated heterocycles. The molecular formula is C29H25NO3S. The van der Waals surface area contributed by atoms with Gasteiger partial charge in [0.05, 0.1) is 13.2 Å². The molecule has 170 valence electrons. The number of benzene rings is 3. The summed E-state index contributed by atoms with van der Waals surface area (Å²) in [6.45, 7) is 4.88. The predicted molar refractivity (Wildman–Crippen MR) is 138 cm³/mol. The lowest BCUT2D eigenvalue weighted by molar-refractivity contribution is 0.0322. The minimum absolute atomic E-state index is 0.0658. The number of ether oxygens (including phenoxy) is 2. The van der Waals surface area contributed by atoms with Gasteiger partial charge in [0.25, 0.3) is 0 Å². The van der Waals surface area contributed by atoms with Crippen LogP contribution in [0.15, 0.2) is 78.2 Å². The average molecular weight is 468 g/mol. The van der Waals surface area contributed by atoms with Crippen molar-refractivity contribution in [1.29, 1.82) is 0 Å². The fourth-order valence-electron chi connectivity index (χ4n) is 4.85. The summed E-state index contributed by atoms with van der Waals surface area (Å²) in [7, 11) is 0. The second-order valence-electron chi connectivity index (χ2n) is 8.60. The zero-order valence-electron chi connectivity index (χ0n) is 18.8. The highest BCUT2D eigenvalue weighted by atomic mass is 32.1. The molecule has 4 aromatic rings. The molecule has 3 aromatic carbocycles. The second-order valence-corrected chi connectivity index (χ2v) is 9.51. The largest absolute Gasteiger partial charge is 0.492 e. The van der Waals surface area contributed by atoms with Crippen LogP contribution in [-0.4, -0.2) is 50.1 Å². The van der Waals surface area contributed by atoms with Gasteiger partial charge in [-0.15, -0.1) is 11.3 Å². The molecule has 0 unspecified atom stereocenters. The van der Waals surface area contributed by atoms with Crippen LogP contribution >= 0.6 is 11.3 Å². The molecule has 4 nitrogen and oxygen atoms in total. The molecule has 0 radical (unpaired) electrons. The van der Waals surface area contributed by atoms with Gasteiger partial charge in [0.2, 0.25) is 0 Å². The van der Waals surface area contributed by atoms with Crippen LogP contribution in [0.1, 0.15) is 27.0 Å². The van der Waals surface area contributed by atoms with E-state index in [1.54, 1.807) is 11.3 Å². The lowest BCUT2D eigenvalue weighted by Crippen LogP contribution is -2.38. The standard InChI is InChI=1S/C29H25NO3S/c31-29-24-18-21(33-17-14-30-12-15-32-16-13-30)10-11-23(24)27(20-6-2-1-3-7-20)28(29)25-19-34-26-9-5-4-8-22(25)26/h1-11,18-19H,12-17H2. The van der Waals surface area contributed by atoms with E-state index < -0.39 is 0 Å². The van der Waals surface area contributed by atoms with E-state index in [9.17, 15) is 4.79 Å². The van der Waals surface area contributed by atoms with Gasteiger partial charge in [-0.25, -0.2) is 0 Å². The van der Waals surface area contributed by atoms with Crippen molar-refractivity contribution in [3.63, 3.8) is 0 Å². The molecule has 34 heavy (non-hydrogen) atoms. The van der Waals surface area contributed by atoms with Gasteiger partial charge in [-0.1, -0.05) is 48.5 Å². The Morgan fingerprint density at radius 2 is 1.65 bits per heavy atom. The van der Waals surface area contributed by atoms with Crippen molar-refractivity contribution in [2.45, 2.75) is 0 Å². The monoisotopic (exact) mass is 467 g/mol. The maximum atomic E-state index is 13.9. The van der Waals surface area contributed by atoms with Gasteiger partial charge < -0.3 is 9.47 Å². The van der Waals surface area contributed by atoms with E-state index in [1.807, 2.05) is 48.5 Å². The first-order valence-electron chi connectivity index (χ1n) is 11.7. The van der Waals surface area contributed by atoms with Crippen LogP contribution in [-0.2, 0) is 4.74 Å². The Bertz CT molecular complexity index is 1380. The number of Topliss-reactive ketones (excluding diaryl/α,β-unsaturated/α-hetero) is 1. The third kappa shape index (κ3) is 3.86. The minimum Gasteiger partial charge on any atom is -0.492 e. The van der Waals surface area contributed by atoms with E-state index in [0.717, 1.165) is 71.8 Å². The number of hydrogen-bond donors (Lipinski definition) is 0. The summed E-state index contributed by atoms with van der Waals surface area (Å²) < 4.78 is 12.7. The van der Waals surface area contributed by atoms with Gasteiger partial charge in [0.15, 0.2) is 5.78 Å². The number of fused-ring (bicyclic) bond motifs is 2. The van der Waals surface area contributed by atoms with Gasteiger partial charge in [-0.3, -0.25) is 9.69 Å². The molecule has 1 aliphatic heterocycles. The number of morpholine rings is 1. The third-order valence-electron chi connectivity index (χ3n) is 6.57. The maximum Gasteiger partial charge on any atom is 0.195 e. The van der Waals surface area contributed by atoms with E-state index in [2.05, 4.69) is 34.5 Å². The highest BCUT2D eigenvalue weighted by Crippen LogP contribution is 2.45. The van der Waals surface area contributed by atoms with Gasteiger partial charge >= 0.3 is 0 Å². The smallest absolute Gasteiger partial charge is 0.195 e. The Labute approximate surface area is 203 Å². The quantitative estimate of drug-likeness (QED) is 0.361. The van der Waals surface area contributed by atoms with Crippen LogP contribution in [0.2, 0.25) is 0 Å². The lowest BCUT2D eigenvalue weighted by Gasteiger charge is -2.26. The maximum absolute atomic E-state index is 13.9. The summed E-state index contributed by atoms with van der Waals surface area (Å²) in [4.78, 5) is 16.2. The second kappa shape index (κ2) is 9.18. The number of nitrogens with zero attached hydrogens (tertiary/aromatic N) is 1. The number of carbonyl (C=O) groups excluding carboxylic acids is 1. The SMILES string of the molecule is O=C1C(c2csc3ccccc23)=C(c2ccccc2)c2ccc(OCCN3CCOCC3)cc21. The number of hydrogen-bond acceptors (Lipinski definition) is 5. The summed E-state index contributed by atoms with van der Waals surface area (Å²) in [5.74, 6) is 0.806. The molecule has 6 rings (SSSR count). The molecule has 0 saturated carbocycles. The van der Waals surface area contributed by atoms with Crippen LogP contribution < -0.4 is 4.74 Å². The molecule has 0 bridgehead atoms. The minimum atomic E-state index is 0.0658. The van der Waals surface area contributed by atoms with E-state index in [4.69, 9.17) is 9.47 Å². The van der Waals surface area contributed by atoms with E-state index in [-0.39, 0.29) is 5.78 Å². The van der Waals surface area contributed by atoms with Crippen molar-refractivity contribution in [1.82, 2.24) is 4.90 Å². The molecule has 0 amide bonds. The first-order valence-corrected chi connectivity index (χ1v) is 12.6. The summed E-state index contributed by atoms with van der Waals surface area (Å²) in [5.41, 5.74) is 5.54. The molecule has 1 aromatic heterocycles. The molecule has 2 aliphatic rings. The number of rotatable bonds is 6. The zero-order valence-corrected chi connectivity index (χ0v) is 19.6. The molecule has 0 spiro atoms. The normalized spacial score (nSPS) is 16.3. The van der Waals surface area contributed by atoms with Crippen molar-refractivity contribution in [2.24, 2.45) is 0 Å². The fourth-order valence-corrected chi connectivity index (χ4v) is 5.80. The first kappa shape index (κ1) is 21.3. The zero-order chi connectivity index (χ0) is 22.9. The number of carbonyl (C=O) groups is 1. The molecule has 1 aliphatic carbocycles. The first-order chi connectivity index (χ1) is 16.8. The van der Waals surface area contributed by atoms with Crippen LogP contribution in [0.3, 0.4) is 0 Å². The Morgan fingerprint density at radius 3 is 2.50 bits per heavy atom. The molecule has 1 fully saturated rings. The third-order valence-corrected chi connectivity index (χ3v) is 7.54. The van der Waals surface area contributed by atoms with Gasteiger partial charge in [0.1, 0.15) is 12.4 Å². The van der Waals surface area contributed by atoms with E-state index >= 15 is 0 Å².